The van der Waals surface area contributed by atoms with Gasteiger partial charge >= 0.3 is 0 Å². The molecule has 0 aliphatic heterocycles. The molecule has 15 heavy (non-hydrogen) atoms. The Morgan fingerprint density at radius 2 is 1.60 bits per heavy atom. The monoisotopic (exact) mass is 230 g/mol. The lowest BCUT2D eigenvalue weighted by molar-refractivity contribution is 0.128. The molecule has 4 atom stereocenters. The Hall–Kier alpha value is 0.290. The van der Waals surface area contributed by atoms with Gasteiger partial charge in [0.2, 0.25) is 0 Å². The van der Waals surface area contributed by atoms with E-state index in [1.165, 1.54) is 19.3 Å². The maximum absolute atomic E-state index is 6.60. The van der Waals surface area contributed by atoms with Crippen molar-refractivity contribution < 1.29 is 0 Å². The first-order valence-corrected chi connectivity index (χ1v) is 7.01. The Kier molecular flexibility index (Phi) is 4.96. The van der Waals surface area contributed by atoms with Crippen molar-refractivity contribution in [3.8, 4) is 0 Å². The molecule has 1 rings (SSSR count). The molecule has 0 saturated heterocycles. The van der Waals surface area contributed by atoms with E-state index in [-0.39, 0.29) is 0 Å². The highest BCUT2D eigenvalue weighted by atomic mass is 35.5. The molecule has 0 N–H and O–H groups in total. The van der Waals surface area contributed by atoms with Crippen molar-refractivity contribution in [1.82, 2.24) is 0 Å². The lowest BCUT2D eigenvalue weighted by Crippen LogP contribution is -2.35. The maximum Gasteiger partial charge on any atom is 0.0390 e. The van der Waals surface area contributed by atoms with E-state index in [9.17, 15) is 0 Å². The summed E-state index contributed by atoms with van der Waals surface area (Å²) in [6.45, 7) is 11.6. The molecular formula is C14H27Cl. The normalized spacial score (nSPS) is 34.8. The summed E-state index contributed by atoms with van der Waals surface area (Å²) in [7, 11) is 0. The third kappa shape index (κ3) is 3.37. The SMILES string of the molecule is CC1CCC(C(C)C)C(C(Cl)C(C)C)C1. The quantitative estimate of drug-likeness (QED) is 0.602. The molecular weight excluding hydrogens is 204 g/mol. The summed E-state index contributed by atoms with van der Waals surface area (Å²) < 4.78 is 0. The Balaban J connectivity index is 2.69. The minimum absolute atomic E-state index is 0.375. The molecule has 0 aromatic heterocycles. The van der Waals surface area contributed by atoms with Gasteiger partial charge in [0, 0.05) is 5.38 Å². The van der Waals surface area contributed by atoms with Crippen LogP contribution >= 0.6 is 11.6 Å². The third-order valence-electron chi connectivity index (χ3n) is 4.12. The lowest BCUT2D eigenvalue weighted by atomic mass is 9.67. The highest BCUT2D eigenvalue weighted by Gasteiger charge is 2.35. The van der Waals surface area contributed by atoms with Crippen molar-refractivity contribution >= 4 is 11.6 Å². The smallest absolute Gasteiger partial charge is 0.0390 e. The molecule has 1 saturated carbocycles. The molecule has 1 heteroatoms. The first-order valence-electron chi connectivity index (χ1n) is 6.57. The van der Waals surface area contributed by atoms with Crippen LogP contribution in [0.2, 0.25) is 0 Å². The van der Waals surface area contributed by atoms with Gasteiger partial charge in [0.25, 0.3) is 0 Å². The van der Waals surface area contributed by atoms with E-state index in [1.807, 2.05) is 0 Å². The Morgan fingerprint density at radius 3 is 2.07 bits per heavy atom. The molecule has 90 valence electrons. The van der Waals surface area contributed by atoms with Gasteiger partial charge in [0.15, 0.2) is 0 Å². The van der Waals surface area contributed by atoms with Gasteiger partial charge in [-0.2, -0.15) is 0 Å². The highest BCUT2D eigenvalue weighted by molar-refractivity contribution is 6.21. The minimum atomic E-state index is 0.375. The third-order valence-corrected chi connectivity index (χ3v) is 4.95. The Morgan fingerprint density at radius 1 is 1.00 bits per heavy atom. The summed E-state index contributed by atoms with van der Waals surface area (Å²) >= 11 is 6.60. The molecule has 0 bridgehead atoms. The summed E-state index contributed by atoms with van der Waals surface area (Å²) in [5.74, 6) is 3.89. The van der Waals surface area contributed by atoms with E-state index in [4.69, 9.17) is 11.6 Å². The first-order chi connectivity index (χ1) is 6.93. The van der Waals surface area contributed by atoms with E-state index in [1.54, 1.807) is 0 Å². The van der Waals surface area contributed by atoms with Gasteiger partial charge in [-0.3, -0.25) is 0 Å². The predicted octanol–water partition coefficient (Wildman–Crippen LogP) is 4.96. The van der Waals surface area contributed by atoms with Gasteiger partial charge in [0.05, 0.1) is 0 Å². The zero-order chi connectivity index (χ0) is 11.6. The molecule has 1 fully saturated rings. The number of alkyl halides is 1. The van der Waals surface area contributed by atoms with Crippen LogP contribution in [0.3, 0.4) is 0 Å². The molecule has 0 radical (unpaired) electrons. The largest absolute Gasteiger partial charge is 0.122 e. The average molecular weight is 231 g/mol. The van der Waals surface area contributed by atoms with E-state index in [2.05, 4.69) is 34.6 Å². The summed E-state index contributed by atoms with van der Waals surface area (Å²) in [4.78, 5) is 0. The van der Waals surface area contributed by atoms with Gasteiger partial charge < -0.3 is 0 Å². The van der Waals surface area contributed by atoms with Crippen LogP contribution in [0.5, 0.6) is 0 Å². The number of rotatable bonds is 3. The lowest BCUT2D eigenvalue weighted by Gasteiger charge is -2.41. The molecule has 4 unspecified atom stereocenters. The van der Waals surface area contributed by atoms with Crippen LogP contribution in [0.1, 0.15) is 53.9 Å². The molecule has 0 spiro atoms. The van der Waals surface area contributed by atoms with Crippen molar-refractivity contribution in [3.05, 3.63) is 0 Å². The van der Waals surface area contributed by atoms with Crippen LogP contribution in [-0.4, -0.2) is 5.38 Å². The van der Waals surface area contributed by atoms with Gasteiger partial charge in [-0.15, -0.1) is 11.6 Å². The van der Waals surface area contributed by atoms with Gasteiger partial charge in [-0.25, -0.2) is 0 Å². The van der Waals surface area contributed by atoms with Crippen molar-refractivity contribution in [2.45, 2.75) is 59.3 Å². The summed E-state index contributed by atoms with van der Waals surface area (Å²) in [6, 6.07) is 0. The zero-order valence-corrected chi connectivity index (χ0v) is 11.7. The van der Waals surface area contributed by atoms with Crippen LogP contribution in [0.15, 0.2) is 0 Å². The Bertz CT molecular complexity index is 186. The summed E-state index contributed by atoms with van der Waals surface area (Å²) in [6.07, 6.45) is 4.13. The molecule has 0 aromatic carbocycles. The van der Waals surface area contributed by atoms with Crippen LogP contribution in [0.4, 0.5) is 0 Å². The van der Waals surface area contributed by atoms with E-state index >= 15 is 0 Å². The van der Waals surface area contributed by atoms with Crippen molar-refractivity contribution in [2.24, 2.45) is 29.6 Å². The first kappa shape index (κ1) is 13.4. The maximum atomic E-state index is 6.60. The van der Waals surface area contributed by atoms with Crippen molar-refractivity contribution in [2.75, 3.05) is 0 Å². The van der Waals surface area contributed by atoms with Crippen LogP contribution in [0, 0.1) is 29.6 Å². The van der Waals surface area contributed by atoms with Crippen molar-refractivity contribution in [3.63, 3.8) is 0 Å². The van der Waals surface area contributed by atoms with Crippen LogP contribution < -0.4 is 0 Å². The molecule has 1 aliphatic rings. The van der Waals surface area contributed by atoms with Crippen molar-refractivity contribution in [1.29, 1.82) is 0 Å². The number of halogens is 1. The number of hydrogen-bond acceptors (Lipinski definition) is 0. The molecule has 0 heterocycles. The fourth-order valence-electron chi connectivity index (χ4n) is 3.14. The fourth-order valence-corrected chi connectivity index (χ4v) is 3.43. The second kappa shape index (κ2) is 5.57. The standard InChI is InChI=1S/C14H27Cl/c1-9(2)12-7-6-11(5)8-13(12)14(15)10(3)4/h9-14H,6-8H2,1-5H3. The Labute approximate surface area is 101 Å². The second-order valence-electron chi connectivity index (χ2n) is 6.18. The highest BCUT2D eigenvalue weighted by Crippen LogP contribution is 2.42. The second-order valence-corrected chi connectivity index (χ2v) is 6.68. The molecule has 1 aliphatic carbocycles. The average Bonchev–Trinajstić information content (AvgIpc) is 2.15. The van der Waals surface area contributed by atoms with Crippen LogP contribution in [-0.2, 0) is 0 Å². The summed E-state index contributed by atoms with van der Waals surface area (Å²) in [5.41, 5.74) is 0. The van der Waals surface area contributed by atoms with E-state index < -0.39 is 0 Å². The zero-order valence-electron chi connectivity index (χ0n) is 11.0. The number of hydrogen-bond donors (Lipinski definition) is 0. The molecule has 0 amide bonds. The van der Waals surface area contributed by atoms with Crippen LogP contribution in [0.25, 0.3) is 0 Å². The topological polar surface area (TPSA) is 0 Å². The van der Waals surface area contributed by atoms with Gasteiger partial charge in [-0.1, -0.05) is 41.0 Å². The van der Waals surface area contributed by atoms with Gasteiger partial charge in [0.1, 0.15) is 0 Å². The molecule has 0 aromatic rings. The summed E-state index contributed by atoms with van der Waals surface area (Å²) in [5, 5.41) is 0.375. The predicted molar refractivity (Wildman–Crippen MR) is 69.3 cm³/mol. The van der Waals surface area contributed by atoms with E-state index in [0.29, 0.717) is 11.3 Å². The fraction of sp³-hybridized carbons (Fsp3) is 1.00. The molecule has 0 nitrogen and oxygen atoms in total. The van der Waals surface area contributed by atoms with E-state index in [0.717, 1.165) is 23.7 Å². The van der Waals surface area contributed by atoms with Gasteiger partial charge in [-0.05, 0) is 42.4 Å². The minimum Gasteiger partial charge on any atom is -0.122 e.